The number of likely N-dealkylation sites (tertiary alicyclic amines) is 1. The highest BCUT2D eigenvalue weighted by Gasteiger charge is 2.29. The number of benzene rings is 1. The van der Waals surface area contributed by atoms with Crippen LogP contribution in [0.3, 0.4) is 0 Å². The number of pyridine rings is 1. The van der Waals surface area contributed by atoms with E-state index in [0.717, 1.165) is 42.4 Å². The minimum Gasteiger partial charge on any atom is -0.338 e. The van der Waals surface area contributed by atoms with Crippen LogP contribution >= 0.6 is 15.9 Å². The first-order valence-electron chi connectivity index (χ1n) is 10.6. The van der Waals surface area contributed by atoms with Crippen LogP contribution in [0.4, 0.5) is 11.5 Å². The second-order valence-electron chi connectivity index (χ2n) is 7.99. The summed E-state index contributed by atoms with van der Waals surface area (Å²) in [6.45, 7) is 1.74. The maximum absolute atomic E-state index is 13.0. The fourth-order valence-electron chi connectivity index (χ4n) is 4.10. The summed E-state index contributed by atoms with van der Waals surface area (Å²) in [6, 6.07) is 10.8. The van der Waals surface area contributed by atoms with Gasteiger partial charge in [0.2, 0.25) is 11.8 Å². The van der Waals surface area contributed by atoms with Crippen molar-refractivity contribution in [1.82, 2.24) is 9.88 Å². The number of halogens is 1. The molecule has 0 spiro atoms. The van der Waals surface area contributed by atoms with Crippen LogP contribution in [0.1, 0.15) is 42.5 Å². The largest absolute Gasteiger partial charge is 0.338 e. The maximum Gasteiger partial charge on any atom is 0.253 e. The van der Waals surface area contributed by atoms with Crippen LogP contribution in [0.2, 0.25) is 0 Å². The lowest BCUT2D eigenvalue weighted by Crippen LogP contribution is -2.43. The van der Waals surface area contributed by atoms with Gasteiger partial charge in [0.25, 0.3) is 5.91 Å². The first-order valence-corrected chi connectivity index (χ1v) is 11.4. The van der Waals surface area contributed by atoms with Gasteiger partial charge in [-0.3, -0.25) is 14.4 Å². The third kappa shape index (κ3) is 5.12. The Bertz CT molecular complexity index is 962. The molecule has 0 bridgehead atoms. The molecule has 2 saturated heterocycles. The molecule has 8 heteroatoms. The summed E-state index contributed by atoms with van der Waals surface area (Å²) in [4.78, 5) is 45.5. The van der Waals surface area contributed by atoms with Gasteiger partial charge in [-0.2, -0.15) is 0 Å². The normalized spacial score (nSPS) is 19.3. The van der Waals surface area contributed by atoms with Crippen molar-refractivity contribution >= 4 is 45.2 Å². The van der Waals surface area contributed by atoms with Crippen molar-refractivity contribution in [2.45, 2.75) is 32.1 Å². The van der Waals surface area contributed by atoms with Gasteiger partial charge in [0.05, 0.1) is 5.92 Å². The van der Waals surface area contributed by atoms with Crippen molar-refractivity contribution in [1.29, 1.82) is 0 Å². The molecule has 0 aliphatic carbocycles. The fraction of sp³-hybridized carbons (Fsp3) is 0.391. The quantitative estimate of drug-likeness (QED) is 0.714. The number of aromatic nitrogens is 1. The van der Waals surface area contributed by atoms with E-state index in [2.05, 4.69) is 26.2 Å². The minimum atomic E-state index is -0.270. The molecule has 162 valence electrons. The average molecular weight is 485 g/mol. The fourth-order valence-corrected chi connectivity index (χ4v) is 4.33. The molecule has 0 saturated carbocycles. The van der Waals surface area contributed by atoms with Crippen molar-refractivity contribution in [2.24, 2.45) is 5.92 Å². The van der Waals surface area contributed by atoms with Crippen LogP contribution < -0.4 is 10.2 Å². The topological polar surface area (TPSA) is 82.6 Å². The molecule has 4 rings (SSSR count). The molecule has 1 aromatic heterocycles. The van der Waals surface area contributed by atoms with E-state index in [4.69, 9.17) is 0 Å². The molecule has 1 aromatic carbocycles. The number of hydrogen-bond donors (Lipinski definition) is 1. The van der Waals surface area contributed by atoms with Gasteiger partial charge in [-0.1, -0.05) is 0 Å². The predicted molar refractivity (Wildman–Crippen MR) is 122 cm³/mol. The van der Waals surface area contributed by atoms with Crippen LogP contribution in [0.25, 0.3) is 0 Å². The van der Waals surface area contributed by atoms with Crippen molar-refractivity contribution < 1.29 is 14.4 Å². The van der Waals surface area contributed by atoms with Gasteiger partial charge in [0, 0.05) is 48.0 Å². The Morgan fingerprint density at radius 2 is 1.84 bits per heavy atom. The van der Waals surface area contributed by atoms with E-state index in [0.29, 0.717) is 30.9 Å². The van der Waals surface area contributed by atoms with Gasteiger partial charge in [0.15, 0.2) is 0 Å². The molecule has 3 amide bonds. The van der Waals surface area contributed by atoms with Crippen molar-refractivity contribution in [2.75, 3.05) is 29.9 Å². The van der Waals surface area contributed by atoms with E-state index in [1.54, 1.807) is 34.2 Å². The van der Waals surface area contributed by atoms with Crippen molar-refractivity contribution in [3.05, 3.63) is 52.6 Å². The van der Waals surface area contributed by atoms with E-state index < -0.39 is 0 Å². The lowest BCUT2D eigenvalue weighted by atomic mass is 9.96. The van der Waals surface area contributed by atoms with Crippen molar-refractivity contribution in [3.8, 4) is 0 Å². The Morgan fingerprint density at radius 3 is 2.55 bits per heavy atom. The molecule has 2 aliphatic rings. The molecule has 2 fully saturated rings. The molecule has 2 aliphatic heterocycles. The molecule has 2 aromatic rings. The standard InChI is InChI=1S/C23H25BrN4O3/c24-18-8-11-20(25-14-18)26-22(30)17-4-3-12-27(15-17)23(31)16-6-9-19(10-7-16)28-13-2-1-5-21(28)29/h6-11,14,17H,1-5,12-13,15H2,(H,25,26,30). The van der Waals surface area contributed by atoms with E-state index in [-0.39, 0.29) is 23.6 Å². The summed E-state index contributed by atoms with van der Waals surface area (Å²) in [7, 11) is 0. The van der Waals surface area contributed by atoms with Gasteiger partial charge < -0.3 is 15.1 Å². The molecule has 31 heavy (non-hydrogen) atoms. The third-order valence-corrected chi connectivity index (χ3v) is 6.28. The molecule has 3 heterocycles. The van der Waals surface area contributed by atoms with Gasteiger partial charge in [-0.25, -0.2) is 4.98 Å². The van der Waals surface area contributed by atoms with Crippen LogP contribution in [0, 0.1) is 5.92 Å². The predicted octanol–water partition coefficient (Wildman–Crippen LogP) is 3.85. The van der Waals surface area contributed by atoms with E-state index in [1.807, 2.05) is 18.2 Å². The Morgan fingerprint density at radius 1 is 1.03 bits per heavy atom. The van der Waals surface area contributed by atoms with Gasteiger partial charge in [0.1, 0.15) is 5.82 Å². The Labute approximate surface area is 189 Å². The SMILES string of the molecule is O=C(Nc1ccc(Br)cn1)C1CCCN(C(=O)c2ccc(N3CCCCC3=O)cc2)C1. The molecular weight excluding hydrogens is 460 g/mol. The Kier molecular flexibility index (Phi) is 6.65. The third-order valence-electron chi connectivity index (χ3n) is 5.81. The lowest BCUT2D eigenvalue weighted by Gasteiger charge is -2.32. The van der Waals surface area contributed by atoms with Crippen LogP contribution in [-0.2, 0) is 9.59 Å². The van der Waals surface area contributed by atoms with Gasteiger partial charge >= 0.3 is 0 Å². The summed E-state index contributed by atoms with van der Waals surface area (Å²) in [5.41, 5.74) is 1.41. The number of carbonyl (C=O) groups excluding carboxylic acids is 3. The van der Waals surface area contributed by atoms with E-state index >= 15 is 0 Å². The number of nitrogens with zero attached hydrogens (tertiary/aromatic N) is 3. The number of rotatable bonds is 4. The van der Waals surface area contributed by atoms with Crippen LogP contribution in [0.15, 0.2) is 47.1 Å². The summed E-state index contributed by atoms with van der Waals surface area (Å²) in [5.74, 6) is 0.158. The maximum atomic E-state index is 13.0. The number of hydrogen-bond acceptors (Lipinski definition) is 4. The minimum absolute atomic E-state index is 0.0872. The Hall–Kier alpha value is -2.74. The lowest BCUT2D eigenvalue weighted by molar-refractivity contribution is -0.121. The second-order valence-corrected chi connectivity index (χ2v) is 8.91. The van der Waals surface area contributed by atoms with Gasteiger partial charge in [-0.15, -0.1) is 0 Å². The monoisotopic (exact) mass is 484 g/mol. The number of piperidine rings is 2. The summed E-state index contributed by atoms with van der Waals surface area (Å²) >= 11 is 3.33. The van der Waals surface area contributed by atoms with Gasteiger partial charge in [-0.05, 0) is 78.0 Å². The highest BCUT2D eigenvalue weighted by atomic mass is 79.9. The zero-order valence-electron chi connectivity index (χ0n) is 17.2. The summed E-state index contributed by atoms with van der Waals surface area (Å²) < 4.78 is 0.843. The summed E-state index contributed by atoms with van der Waals surface area (Å²) in [6.07, 6.45) is 5.66. The molecule has 0 radical (unpaired) electrons. The highest BCUT2D eigenvalue weighted by molar-refractivity contribution is 9.10. The smallest absolute Gasteiger partial charge is 0.253 e. The Balaban J connectivity index is 1.38. The number of carbonyl (C=O) groups is 3. The van der Waals surface area contributed by atoms with Crippen LogP contribution in [-0.4, -0.2) is 47.2 Å². The number of amides is 3. The molecule has 1 atom stereocenters. The highest BCUT2D eigenvalue weighted by Crippen LogP contribution is 2.24. The first kappa shape index (κ1) is 21.5. The van der Waals surface area contributed by atoms with Crippen molar-refractivity contribution in [3.63, 3.8) is 0 Å². The second kappa shape index (κ2) is 9.60. The molecule has 7 nitrogen and oxygen atoms in total. The van der Waals surface area contributed by atoms with E-state index in [1.165, 1.54) is 0 Å². The zero-order chi connectivity index (χ0) is 21.8. The zero-order valence-corrected chi connectivity index (χ0v) is 18.8. The average Bonchev–Trinajstić information content (AvgIpc) is 2.80. The van der Waals surface area contributed by atoms with E-state index in [9.17, 15) is 14.4 Å². The molecule has 1 N–H and O–H groups in total. The summed E-state index contributed by atoms with van der Waals surface area (Å²) in [5, 5.41) is 2.84. The van der Waals surface area contributed by atoms with Crippen LogP contribution in [0.5, 0.6) is 0 Å². The molecular formula is C23H25BrN4O3. The molecule has 1 unspecified atom stereocenters. The number of anilines is 2. The first-order chi connectivity index (χ1) is 15.0. The number of nitrogens with one attached hydrogen (secondary N) is 1.